The zero-order valence-corrected chi connectivity index (χ0v) is 25.6. The van der Waals surface area contributed by atoms with E-state index in [-0.39, 0.29) is 0 Å². The minimum Gasteiger partial charge on any atom is -0.353 e. The number of benzene rings is 7. The van der Waals surface area contributed by atoms with Crippen LogP contribution in [0.1, 0.15) is 0 Å². The summed E-state index contributed by atoms with van der Waals surface area (Å²) in [6, 6.07) is 47.0. The van der Waals surface area contributed by atoms with Gasteiger partial charge in [-0.1, -0.05) is 114 Å². The standard InChI is InChI=1S/C40H22BN2S2/c1-2-10-23-22(9-1)19-20-26-25-12-7-13-27(38(25)42-37(23)26)35-36-31(21-28-24-11-3-5-16-32(24)45-40(28)35)43-30-15-4-6-17-33(30)44-34-18-8-14-29(41-36)39(34)43/h1-21,42H. The third-order valence-corrected chi connectivity index (χ3v) is 11.9. The number of nitrogens with one attached hydrogen (secondary N) is 1. The molecule has 0 unspecified atom stereocenters. The summed E-state index contributed by atoms with van der Waals surface area (Å²) in [6.07, 6.45) is 0. The summed E-state index contributed by atoms with van der Waals surface area (Å²) in [5, 5.41) is 7.67. The average molecular weight is 606 g/mol. The van der Waals surface area contributed by atoms with Gasteiger partial charge in [-0.05, 0) is 46.7 Å². The number of thiophene rings is 1. The summed E-state index contributed by atoms with van der Waals surface area (Å²) in [4.78, 5) is 9.06. The van der Waals surface area contributed by atoms with Gasteiger partial charge in [0.15, 0.2) is 7.28 Å². The number of anilines is 3. The molecule has 0 saturated carbocycles. The molecule has 0 spiro atoms. The molecule has 5 heteroatoms. The minimum absolute atomic E-state index is 1.19. The van der Waals surface area contributed by atoms with Crippen molar-refractivity contribution in [2.75, 3.05) is 4.90 Å². The number of para-hydroxylation sites is 3. The lowest BCUT2D eigenvalue weighted by atomic mass is 9.58. The lowest BCUT2D eigenvalue weighted by Crippen LogP contribution is -2.42. The lowest BCUT2D eigenvalue weighted by Gasteiger charge is -2.39. The normalized spacial score (nSPS) is 13.4. The molecule has 9 aromatic rings. The Morgan fingerprint density at radius 2 is 1.36 bits per heavy atom. The van der Waals surface area contributed by atoms with Crippen molar-refractivity contribution in [2.45, 2.75) is 9.79 Å². The molecular formula is C40H22BN2S2. The quantitative estimate of drug-likeness (QED) is 0.188. The van der Waals surface area contributed by atoms with Crippen LogP contribution in [0, 0.1) is 0 Å². The van der Waals surface area contributed by atoms with Crippen molar-refractivity contribution in [3.8, 4) is 11.1 Å². The van der Waals surface area contributed by atoms with Crippen molar-refractivity contribution in [2.24, 2.45) is 0 Å². The van der Waals surface area contributed by atoms with Gasteiger partial charge in [-0.3, -0.25) is 0 Å². The van der Waals surface area contributed by atoms with E-state index in [2.05, 4.69) is 145 Å². The smallest absolute Gasteiger partial charge is 0.198 e. The van der Waals surface area contributed by atoms with Gasteiger partial charge in [0.25, 0.3) is 0 Å². The van der Waals surface area contributed by atoms with Crippen molar-refractivity contribution < 1.29 is 0 Å². The van der Waals surface area contributed by atoms with Crippen LogP contribution in [0.2, 0.25) is 0 Å². The number of aromatic amines is 1. The molecule has 2 aliphatic rings. The van der Waals surface area contributed by atoms with Crippen LogP contribution in [0.5, 0.6) is 0 Å². The first-order valence-corrected chi connectivity index (χ1v) is 16.9. The van der Waals surface area contributed by atoms with Crippen LogP contribution in [0.15, 0.2) is 137 Å². The molecule has 7 aromatic carbocycles. The molecule has 2 aromatic heterocycles. The Labute approximate surface area is 268 Å². The van der Waals surface area contributed by atoms with Crippen LogP contribution >= 0.6 is 23.1 Å². The van der Waals surface area contributed by atoms with Gasteiger partial charge < -0.3 is 9.88 Å². The maximum absolute atomic E-state index is 3.95. The number of nitrogens with zero attached hydrogens (tertiary/aromatic N) is 1. The van der Waals surface area contributed by atoms with E-state index in [1.165, 1.54) is 102 Å². The monoisotopic (exact) mass is 605 g/mol. The van der Waals surface area contributed by atoms with Gasteiger partial charge in [-0.15, -0.1) is 11.3 Å². The predicted molar refractivity (Wildman–Crippen MR) is 195 cm³/mol. The summed E-state index contributed by atoms with van der Waals surface area (Å²) < 4.78 is 2.65. The highest BCUT2D eigenvalue weighted by Gasteiger charge is 2.35. The zero-order chi connectivity index (χ0) is 29.2. The number of hydrogen-bond donors (Lipinski definition) is 1. The van der Waals surface area contributed by atoms with Crippen molar-refractivity contribution in [1.29, 1.82) is 0 Å². The molecule has 0 fully saturated rings. The van der Waals surface area contributed by atoms with Gasteiger partial charge >= 0.3 is 0 Å². The Balaban J connectivity index is 1.31. The number of fused-ring (bicyclic) bond motifs is 12. The van der Waals surface area contributed by atoms with Crippen LogP contribution in [0.4, 0.5) is 17.1 Å². The van der Waals surface area contributed by atoms with Gasteiger partial charge in [0, 0.05) is 57.4 Å². The summed E-state index contributed by atoms with van der Waals surface area (Å²) in [5.41, 5.74) is 11.3. The molecule has 0 amide bonds. The van der Waals surface area contributed by atoms with E-state index in [1.54, 1.807) is 0 Å². The molecule has 0 bridgehead atoms. The molecule has 0 aliphatic carbocycles. The maximum atomic E-state index is 3.95. The molecule has 0 atom stereocenters. The molecule has 2 nitrogen and oxygen atoms in total. The summed E-state index contributed by atoms with van der Waals surface area (Å²) >= 11 is 3.78. The largest absolute Gasteiger partial charge is 0.353 e. The second-order valence-electron chi connectivity index (χ2n) is 12.0. The van der Waals surface area contributed by atoms with E-state index in [0.717, 1.165) is 0 Å². The third kappa shape index (κ3) is 3.22. The van der Waals surface area contributed by atoms with Crippen LogP contribution in [-0.4, -0.2) is 12.3 Å². The predicted octanol–water partition coefficient (Wildman–Crippen LogP) is 10.4. The number of hydrogen-bond acceptors (Lipinski definition) is 3. The molecule has 0 saturated heterocycles. The van der Waals surface area contributed by atoms with Crippen LogP contribution in [-0.2, 0) is 0 Å². The van der Waals surface area contributed by atoms with E-state index in [4.69, 9.17) is 0 Å². The molecule has 1 radical (unpaired) electrons. The summed E-state index contributed by atoms with van der Waals surface area (Å²) in [6.45, 7) is 0. The van der Waals surface area contributed by atoms with Gasteiger partial charge in [-0.2, -0.15) is 0 Å². The first-order chi connectivity index (χ1) is 22.3. The first-order valence-electron chi connectivity index (χ1n) is 15.3. The summed E-state index contributed by atoms with van der Waals surface area (Å²) in [5.74, 6) is 0. The van der Waals surface area contributed by atoms with Crippen LogP contribution < -0.4 is 15.8 Å². The third-order valence-electron chi connectivity index (χ3n) is 9.61. The van der Waals surface area contributed by atoms with E-state index in [1.807, 2.05) is 23.1 Å². The highest BCUT2D eigenvalue weighted by Crippen LogP contribution is 2.53. The molecule has 45 heavy (non-hydrogen) atoms. The fourth-order valence-electron chi connectivity index (χ4n) is 7.68. The highest BCUT2D eigenvalue weighted by molar-refractivity contribution is 7.99. The molecule has 1 N–H and O–H groups in total. The molecule has 4 heterocycles. The lowest BCUT2D eigenvalue weighted by molar-refractivity contribution is 1.18. The van der Waals surface area contributed by atoms with Gasteiger partial charge in [-0.25, -0.2) is 0 Å². The fourth-order valence-corrected chi connectivity index (χ4v) is 10.0. The average Bonchev–Trinajstić information content (AvgIpc) is 3.66. The van der Waals surface area contributed by atoms with Crippen LogP contribution in [0.25, 0.3) is 63.9 Å². The maximum Gasteiger partial charge on any atom is 0.198 e. The van der Waals surface area contributed by atoms with Crippen molar-refractivity contribution in [3.05, 3.63) is 127 Å². The number of rotatable bonds is 1. The zero-order valence-electron chi connectivity index (χ0n) is 24.0. The molecule has 11 rings (SSSR count). The molecular weight excluding hydrogens is 583 g/mol. The SMILES string of the molecule is [B]1c2cccc3c2N(c2ccccc2S3)c2cc3c(sc4ccccc43)c(-c3cccc4c3[nH]c3c5ccccc5ccc43)c21. The van der Waals surface area contributed by atoms with Gasteiger partial charge in [0.1, 0.15) is 0 Å². The summed E-state index contributed by atoms with van der Waals surface area (Å²) in [7, 11) is 2.44. The Hall–Kier alpha value is -4.97. The van der Waals surface area contributed by atoms with Gasteiger partial charge in [0.05, 0.1) is 22.4 Å². The van der Waals surface area contributed by atoms with Crippen LogP contribution in [0.3, 0.4) is 0 Å². The molecule has 207 valence electrons. The Kier molecular flexibility index (Phi) is 4.77. The fraction of sp³-hybridized carbons (Fsp3) is 0. The molecule has 2 aliphatic heterocycles. The minimum atomic E-state index is 1.19. The Morgan fingerprint density at radius 3 is 2.33 bits per heavy atom. The van der Waals surface area contributed by atoms with Crippen molar-refractivity contribution >= 4 is 111 Å². The van der Waals surface area contributed by atoms with Crippen molar-refractivity contribution in [3.63, 3.8) is 0 Å². The van der Waals surface area contributed by atoms with E-state index < -0.39 is 0 Å². The Morgan fingerprint density at radius 1 is 0.578 bits per heavy atom. The number of H-pyrrole nitrogens is 1. The van der Waals surface area contributed by atoms with E-state index in [0.29, 0.717) is 0 Å². The second-order valence-corrected chi connectivity index (χ2v) is 14.1. The first kappa shape index (κ1) is 24.4. The van der Waals surface area contributed by atoms with E-state index >= 15 is 0 Å². The Bertz CT molecular complexity index is 2740. The highest BCUT2D eigenvalue weighted by atomic mass is 32.2. The van der Waals surface area contributed by atoms with Gasteiger partial charge in [0.2, 0.25) is 0 Å². The second kappa shape index (κ2) is 8.82. The number of aromatic nitrogens is 1. The van der Waals surface area contributed by atoms with E-state index in [9.17, 15) is 0 Å². The van der Waals surface area contributed by atoms with Crippen molar-refractivity contribution in [1.82, 2.24) is 4.98 Å². The topological polar surface area (TPSA) is 19.0 Å².